The summed E-state index contributed by atoms with van der Waals surface area (Å²) >= 11 is 0. The van der Waals surface area contributed by atoms with Gasteiger partial charge in [-0.1, -0.05) is 0 Å². The van der Waals surface area contributed by atoms with Crippen molar-refractivity contribution in [2.24, 2.45) is 0 Å². The van der Waals surface area contributed by atoms with Gasteiger partial charge in [-0.2, -0.15) is 0 Å². The van der Waals surface area contributed by atoms with Gasteiger partial charge in [-0.05, 0) is 25.7 Å². The maximum absolute atomic E-state index is 12.5. The third kappa shape index (κ3) is 3.65. The first-order valence-corrected chi connectivity index (χ1v) is 7.60. The lowest BCUT2D eigenvalue weighted by atomic mass is 9.89. The number of ether oxygens (including phenoxy) is 1. The van der Waals surface area contributed by atoms with Crippen molar-refractivity contribution in [2.45, 2.75) is 50.1 Å². The standard InChI is InChI=1S/C14H24N2O5/c17-8-2-7-16(11-3-1-4-11)13(20)15-14(12(18)19)5-9-21-10-6-14/h11,17H,1-10H2,(H,15,20)(H,18,19). The van der Waals surface area contributed by atoms with E-state index in [9.17, 15) is 14.7 Å². The van der Waals surface area contributed by atoms with Gasteiger partial charge in [-0.25, -0.2) is 9.59 Å². The number of carbonyl (C=O) groups excluding carboxylic acids is 1. The van der Waals surface area contributed by atoms with Crippen LogP contribution in [0.4, 0.5) is 4.79 Å². The van der Waals surface area contributed by atoms with Gasteiger partial charge in [0.2, 0.25) is 0 Å². The third-order valence-electron chi connectivity index (χ3n) is 4.44. The van der Waals surface area contributed by atoms with Crippen LogP contribution in [0.1, 0.15) is 38.5 Å². The fourth-order valence-corrected chi connectivity index (χ4v) is 2.78. The molecule has 0 unspecified atom stereocenters. The van der Waals surface area contributed by atoms with Crippen molar-refractivity contribution in [1.82, 2.24) is 10.2 Å². The second kappa shape index (κ2) is 7.09. The number of urea groups is 1. The van der Waals surface area contributed by atoms with E-state index >= 15 is 0 Å². The number of hydrogen-bond donors (Lipinski definition) is 3. The van der Waals surface area contributed by atoms with Crippen LogP contribution in [-0.4, -0.2) is 65.1 Å². The van der Waals surface area contributed by atoms with Crippen LogP contribution in [0.15, 0.2) is 0 Å². The largest absolute Gasteiger partial charge is 0.480 e. The molecular formula is C14H24N2O5. The zero-order chi connectivity index (χ0) is 15.3. The Balaban J connectivity index is 2.02. The van der Waals surface area contributed by atoms with Crippen LogP contribution in [-0.2, 0) is 9.53 Å². The predicted molar refractivity (Wildman–Crippen MR) is 75.0 cm³/mol. The lowest BCUT2D eigenvalue weighted by Gasteiger charge is -2.41. The maximum atomic E-state index is 12.5. The Morgan fingerprint density at radius 2 is 1.95 bits per heavy atom. The molecule has 0 atom stereocenters. The molecule has 2 amide bonds. The zero-order valence-electron chi connectivity index (χ0n) is 12.2. The SMILES string of the molecule is O=C(NC1(C(=O)O)CCOCC1)N(CCCO)C1CCC1. The number of aliphatic hydroxyl groups excluding tert-OH is 1. The summed E-state index contributed by atoms with van der Waals surface area (Å²) in [5, 5.41) is 21.2. The highest BCUT2D eigenvalue weighted by Gasteiger charge is 2.43. The van der Waals surface area contributed by atoms with Gasteiger partial charge in [0.05, 0.1) is 0 Å². The molecule has 1 aliphatic heterocycles. The molecule has 21 heavy (non-hydrogen) atoms. The molecule has 1 aliphatic carbocycles. The van der Waals surface area contributed by atoms with Crippen LogP contribution in [0.2, 0.25) is 0 Å². The highest BCUT2D eigenvalue weighted by molar-refractivity contribution is 5.86. The lowest BCUT2D eigenvalue weighted by Crippen LogP contribution is -2.62. The highest BCUT2D eigenvalue weighted by atomic mass is 16.5. The fraction of sp³-hybridized carbons (Fsp3) is 0.857. The monoisotopic (exact) mass is 300 g/mol. The van der Waals surface area contributed by atoms with Gasteiger partial charge in [0, 0.05) is 45.2 Å². The van der Waals surface area contributed by atoms with Crippen molar-refractivity contribution in [3.8, 4) is 0 Å². The minimum atomic E-state index is -1.23. The number of hydrogen-bond acceptors (Lipinski definition) is 4. The summed E-state index contributed by atoms with van der Waals surface area (Å²) in [6, 6.07) is -0.167. The summed E-state index contributed by atoms with van der Waals surface area (Å²) in [6.07, 6.45) is 4.06. The number of carboxylic acids is 1. The molecule has 0 aromatic carbocycles. The fourth-order valence-electron chi connectivity index (χ4n) is 2.78. The Morgan fingerprint density at radius 1 is 1.29 bits per heavy atom. The minimum Gasteiger partial charge on any atom is -0.480 e. The van der Waals surface area contributed by atoms with E-state index < -0.39 is 11.5 Å². The number of aliphatic hydroxyl groups is 1. The Morgan fingerprint density at radius 3 is 2.43 bits per heavy atom. The van der Waals surface area contributed by atoms with Crippen molar-refractivity contribution in [3.05, 3.63) is 0 Å². The average molecular weight is 300 g/mol. The topological polar surface area (TPSA) is 99.1 Å². The second-order valence-electron chi connectivity index (χ2n) is 5.79. The van der Waals surface area contributed by atoms with E-state index in [1.807, 2.05) is 0 Å². The second-order valence-corrected chi connectivity index (χ2v) is 5.79. The van der Waals surface area contributed by atoms with E-state index in [1.54, 1.807) is 4.90 Å². The van der Waals surface area contributed by atoms with Crippen LogP contribution in [0.5, 0.6) is 0 Å². The van der Waals surface area contributed by atoms with E-state index in [-0.39, 0.29) is 31.5 Å². The molecule has 0 spiro atoms. The van der Waals surface area contributed by atoms with Crippen LogP contribution < -0.4 is 5.32 Å². The summed E-state index contributed by atoms with van der Waals surface area (Å²) in [4.78, 5) is 25.7. The predicted octanol–water partition coefficient (Wildman–Crippen LogP) is 0.567. The summed E-state index contributed by atoms with van der Waals surface area (Å²) < 4.78 is 5.20. The van der Waals surface area contributed by atoms with Gasteiger partial charge in [0.15, 0.2) is 0 Å². The molecule has 2 rings (SSSR count). The first-order chi connectivity index (χ1) is 10.1. The van der Waals surface area contributed by atoms with E-state index in [2.05, 4.69) is 5.32 Å². The summed E-state index contributed by atoms with van der Waals surface area (Å²) in [6.45, 7) is 1.16. The molecular weight excluding hydrogens is 276 g/mol. The normalized spacial score (nSPS) is 21.4. The molecule has 1 heterocycles. The molecule has 1 saturated heterocycles. The van der Waals surface area contributed by atoms with E-state index in [1.165, 1.54) is 0 Å². The molecule has 2 fully saturated rings. The molecule has 3 N–H and O–H groups in total. The van der Waals surface area contributed by atoms with Gasteiger partial charge < -0.3 is 25.2 Å². The lowest BCUT2D eigenvalue weighted by molar-refractivity contribution is -0.148. The van der Waals surface area contributed by atoms with Crippen molar-refractivity contribution in [3.63, 3.8) is 0 Å². The van der Waals surface area contributed by atoms with Crippen LogP contribution in [0, 0.1) is 0 Å². The molecule has 0 aromatic rings. The van der Waals surface area contributed by atoms with Crippen molar-refractivity contribution in [1.29, 1.82) is 0 Å². The van der Waals surface area contributed by atoms with Crippen LogP contribution in [0.3, 0.4) is 0 Å². The number of rotatable bonds is 6. The molecule has 7 nitrogen and oxygen atoms in total. The van der Waals surface area contributed by atoms with Gasteiger partial charge in [-0.15, -0.1) is 0 Å². The van der Waals surface area contributed by atoms with Crippen molar-refractivity contribution >= 4 is 12.0 Å². The quantitative estimate of drug-likeness (QED) is 0.666. The number of amides is 2. The summed E-state index contributed by atoms with van der Waals surface area (Å²) in [7, 11) is 0. The van der Waals surface area contributed by atoms with Crippen molar-refractivity contribution < 1.29 is 24.5 Å². The van der Waals surface area contributed by atoms with Gasteiger partial charge in [0.1, 0.15) is 5.54 Å². The molecule has 2 aliphatic rings. The molecule has 0 aromatic heterocycles. The van der Waals surface area contributed by atoms with Gasteiger partial charge in [0.25, 0.3) is 0 Å². The number of carbonyl (C=O) groups is 2. The Kier molecular flexibility index (Phi) is 5.41. The number of aliphatic carboxylic acids is 1. The highest BCUT2D eigenvalue weighted by Crippen LogP contribution is 2.27. The summed E-state index contributed by atoms with van der Waals surface area (Å²) in [5.74, 6) is -1.00. The minimum absolute atomic E-state index is 0.0222. The smallest absolute Gasteiger partial charge is 0.329 e. The number of nitrogens with zero attached hydrogens (tertiary/aromatic N) is 1. The molecule has 120 valence electrons. The Bertz CT molecular complexity index is 378. The van der Waals surface area contributed by atoms with Crippen LogP contribution >= 0.6 is 0 Å². The maximum Gasteiger partial charge on any atom is 0.329 e. The van der Waals surface area contributed by atoms with Crippen LogP contribution in [0.25, 0.3) is 0 Å². The van der Waals surface area contributed by atoms with Gasteiger partial charge in [-0.3, -0.25) is 0 Å². The number of carboxylic acid groups (broad SMARTS) is 1. The number of nitrogens with one attached hydrogen (secondary N) is 1. The third-order valence-corrected chi connectivity index (χ3v) is 4.44. The molecule has 0 bridgehead atoms. The first-order valence-electron chi connectivity index (χ1n) is 7.60. The first kappa shape index (κ1) is 16.0. The molecule has 1 saturated carbocycles. The van der Waals surface area contributed by atoms with E-state index in [0.29, 0.717) is 26.2 Å². The Hall–Kier alpha value is -1.34. The zero-order valence-corrected chi connectivity index (χ0v) is 12.2. The molecule has 7 heteroatoms. The van der Waals surface area contributed by atoms with E-state index in [4.69, 9.17) is 9.84 Å². The Labute approximate surface area is 124 Å². The van der Waals surface area contributed by atoms with Crippen molar-refractivity contribution in [2.75, 3.05) is 26.4 Å². The summed E-state index contributed by atoms with van der Waals surface area (Å²) in [5.41, 5.74) is -1.23. The molecule has 0 radical (unpaired) electrons. The average Bonchev–Trinajstić information content (AvgIpc) is 2.42. The van der Waals surface area contributed by atoms with Gasteiger partial charge >= 0.3 is 12.0 Å². The van der Waals surface area contributed by atoms with E-state index in [0.717, 1.165) is 19.3 Å².